The van der Waals surface area contributed by atoms with Gasteiger partial charge in [0.15, 0.2) is 5.96 Å². The number of rotatable bonds is 5. The van der Waals surface area contributed by atoms with Gasteiger partial charge < -0.3 is 19.9 Å². The molecule has 0 radical (unpaired) electrons. The van der Waals surface area contributed by atoms with E-state index in [1.165, 1.54) is 5.56 Å². The van der Waals surface area contributed by atoms with E-state index in [1.54, 1.807) is 12.4 Å². The molecule has 144 valence electrons. The van der Waals surface area contributed by atoms with Crippen molar-refractivity contribution in [1.29, 1.82) is 0 Å². The zero-order valence-electron chi connectivity index (χ0n) is 16.3. The minimum Gasteiger partial charge on any atom is -0.491 e. The van der Waals surface area contributed by atoms with E-state index >= 15 is 0 Å². The quantitative estimate of drug-likeness (QED) is 0.644. The van der Waals surface area contributed by atoms with Crippen LogP contribution >= 0.6 is 0 Å². The number of piperazine rings is 1. The lowest BCUT2D eigenvalue weighted by molar-refractivity contribution is 0.242. The third kappa shape index (κ3) is 5.32. The summed E-state index contributed by atoms with van der Waals surface area (Å²) < 4.78 is 5.77. The van der Waals surface area contributed by atoms with E-state index < -0.39 is 0 Å². The molecule has 2 heterocycles. The van der Waals surface area contributed by atoms with E-state index in [4.69, 9.17) is 4.74 Å². The molecular formula is C20H28N6O. The van der Waals surface area contributed by atoms with Crippen LogP contribution in [0, 0.1) is 0 Å². The van der Waals surface area contributed by atoms with Crippen LogP contribution in [0.3, 0.4) is 0 Å². The molecule has 0 unspecified atom stereocenters. The number of benzene rings is 1. The lowest BCUT2D eigenvalue weighted by atomic mass is 10.2. The molecule has 0 spiro atoms. The van der Waals surface area contributed by atoms with Crippen LogP contribution in [-0.4, -0.2) is 60.2 Å². The van der Waals surface area contributed by atoms with Gasteiger partial charge in [-0.05, 0) is 37.6 Å². The first-order chi connectivity index (χ1) is 13.2. The second-order valence-corrected chi connectivity index (χ2v) is 6.74. The van der Waals surface area contributed by atoms with Crippen LogP contribution in [-0.2, 0) is 6.54 Å². The highest BCUT2D eigenvalue weighted by atomic mass is 16.5. The van der Waals surface area contributed by atoms with Crippen molar-refractivity contribution < 1.29 is 4.74 Å². The van der Waals surface area contributed by atoms with Crippen molar-refractivity contribution in [2.45, 2.75) is 26.5 Å². The van der Waals surface area contributed by atoms with Gasteiger partial charge in [0, 0.05) is 52.2 Å². The number of hydrogen-bond donors (Lipinski definition) is 1. The van der Waals surface area contributed by atoms with Gasteiger partial charge in [-0.15, -0.1) is 0 Å². The average Bonchev–Trinajstić information content (AvgIpc) is 2.69. The number of aliphatic imine (C=N–C) groups is 1. The molecule has 2 aromatic rings. The number of anilines is 1. The van der Waals surface area contributed by atoms with Crippen LogP contribution in [0.4, 0.5) is 5.95 Å². The van der Waals surface area contributed by atoms with Gasteiger partial charge >= 0.3 is 0 Å². The molecule has 1 N–H and O–H groups in total. The molecule has 7 nitrogen and oxygen atoms in total. The lowest BCUT2D eigenvalue weighted by Gasteiger charge is -2.36. The Morgan fingerprint density at radius 3 is 2.56 bits per heavy atom. The standard InChI is InChI=1S/C20H28N6O/c1-16(2)27-18-7-4-6-17(14-18)15-24-19(21-3)25-10-12-26(13-11-25)20-22-8-5-9-23-20/h4-9,14,16H,10-13,15H2,1-3H3,(H,21,24). The van der Waals surface area contributed by atoms with Gasteiger partial charge in [0.1, 0.15) is 5.75 Å². The van der Waals surface area contributed by atoms with Crippen molar-refractivity contribution >= 4 is 11.9 Å². The molecule has 1 aromatic heterocycles. The fraction of sp³-hybridized carbons (Fsp3) is 0.450. The molecule has 0 atom stereocenters. The first-order valence-electron chi connectivity index (χ1n) is 9.39. The van der Waals surface area contributed by atoms with Gasteiger partial charge in [0.2, 0.25) is 5.95 Å². The summed E-state index contributed by atoms with van der Waals surface area (Å²) in [6.45, 7) is 8.30. The van der Waals surface area contributed by atoms with E-state index in [1.807, 2.05) is 39.1 Å². The van der Waals surface area contributed by atoms with Crippen LogP contribution in [0.5, 0.6) is 5.75 Å². The Balaban J connectivity index is 1.53. The van der Waals surface area contributed by atoms with Crippen molar-refractivity contribution in [3.63, 3.8) is 0 Å². The van der Waals surface area contributed by atoms with Crippen LogP contribution in [0.15, 0.2) is 47.7 Å². The van der Waals surface area contributed by atoms with Gasteiger partial charge in [-0.25, -0.2) is 9.97 Å². The highest BCUT2D eigenvalue weighted by Crippen LogP contribution is 2.15. The van der Waals surface area contributed by atoms with Gasteiger partial charge in [0.25, 0.3) is 0 Å². The minimum atomic E-state index is 0.172. The molecule has 0 amide bonds. The summed E-state index contributed by atoms with van der Waals surface area (Å²) >= 11 is 0. The Morgan fingerprint density at radius 2 is 1.89 bits per heavy atom. The number of nitrogens with one attached hydrogen (secondary N) is 1. The molecular weight excluding hydrogens is 340 g/mol. The highest BCUT2D eigenvalue weighted by Gasteiger charge is 2.20. The molecule has 0 bridgehead atoms. The Bertz CT molecular complexity index is 741. The topological polar surface area (TPSA) is 65.9 Å². The van der Waals surface area contributed by atoms with Crippen LogP contribution in [0.25, 0.3) is 0 Å². The van der Waals surface area contributed by atoms with Crippen molar-refractivity contribution in [3.05, 3.63) is 48.3 Å². The Morgan fingerprint density at radius 1 is 1.15 bits per heavy atom. The predicted molar refractivity (Wildman–Crippen MR) is 108 cm³/mol. The second kappa shape index (κ2) is 9.21. The second-order valence-electron chi connectivity index (χ2n) is 6.74. The summed E-state index contributed by atoms with van der Waals surface area (Å²) in [7, 11) is 1.83. The van der Waals surface area contributed by atoms with E-state index in [0.717, 1.165) is 43.8 Å². The highest BCUT2D eigenvalue weighted by molar-refractivity contribution is 5.80. The summed E-state index contributed by atoms with van der Waals surface area (Å²) in [6.07, 6.45) is 3.74. The third-order valence-corrected chi connectivity index (χ3v) is 4.35. The van der Waals surface area contributed by atoms with Gasteiger partial charge in [-0.3, -0.25) is 4.99 Å². The number of nitrogens with zero attached hydrogens (tertiary/aromatic N) is 5. The van der Waals surface area contributed by atoms with E-state index in [-0.39, 0.29) is 6.10 Å². The van der Waals surface area contributed by atoms with Crippen LogP contribution < -0.4 is 15.0 Å². The summed E-state index contributed by atoms with van der Waals surface area (Å²) in [5.41, 5.74) is 1.17. The van der Waals surface area contributed by atoms with Crippen molar-refractivity contribution in [2.75, 3.05) is 38.1 Å². The maximum atomic E-state index is 5.77. The van der Waals surface area contributed by atoms with Crippen LogP contribution in [0.1, 0.15) is 19.4 Å². The van der Waals surface area contributed by atoms with Crippen LogP contribution in [0.2, 0.25) is 0 Å². The number of hydrogen-bond acceptors (Lipinski definition) is 5. The summed E-state index contributed by atoms with van der Waals surface area (Å²) in [6, 6.07) is 10.0. The SMILES string of the molecule is CN=C(NCc1cccc(OC(C)C)c1)N1CCN(c2ncccn2)CC1. The smallest absolute Gasteiger partial charge is 0.225 e. The molecule has 1 fully saturated rings. The average molecular weight is 368 g/mol. The normalized spacial score (nSPS) is 15.2. The Kier molecular flexibility index (Phi) is 6.46. The molecule has 27 heavy (non-hydrogen) atoms. The maximum absolute atomic E-state index is 5.77. The number of ether oxygens (including phenoxy) is 1. The summed E-state index contributed by atoms with van der Waals surface area (Å²) in [5.74, 6) is 2.61. The molecule has 1 aromatic carbocycles. The Labute approximate surface area is 161 Å². The van der Waals surface area contributed by atoms with Crippen molar-refractivity contribution in [1.82, 2.24) is 20.2 Å². The fourth-order valence-electron chi connectivity index (χ4n) is 3.09. The summed E-state index contributed by atoms with van der Waals surface area (Å²) in [5, 5.41) is 3.46. The number of aromatic nitrogens is 2. The van der Waals surface area contributed by atoms with Crippen molar-refractivity contribution in [2.24, 2.45) is 4.99 Å². The molecule has 1 aliphatic rings. The molecule has 1 saturated heterocycles. The van der Waals surface area contributed by atoms with E-state index in [9.17, 15) is 0 Å². The summed E-state index contributed by atoms with van der Waals surface area (Å²) in [4.78, 5) is 17.6. The number of guanidine groups is 1. The molecule has 7 heteroatoms. The third-order valence-electron chi connectivity index (χ3n) is 4.35. The van der Waals surface area contributed by atoms with Crippen molar-refractivity contribution in [3.8, 4) is 5.75 Å². The first-order valence-corrected chi connectivity index (χ1v) is 9.39. The fourth-order valence-corrected chi connectivity index (χ4v) is 3.09. The zero-order valence-corrected chi connectivity index (χ0v) is 16.3. The molecule has 1 aliphatic heterocycles. The Hall–Kier alpha value is -2.83. The maximum Gasteiger partial charge on any atom is 0.225 e. The minimum absolute atomic E-state index is 0.172. The predicted octanol–water partition coefficient (Wildman–Crippen LogP) is 2.16. The van der Waals surface area contributed by atoms with Gasteiger partial charge in [-0.1, -0.05) is 12.1 Å². The van der Waals surface area contributed by atoms with Gasteiger partial charge in [0.05, 0.1) is 6.10 Å². The molecule has 3 rings (SSSR count). The first kappa shape index (κ1) is 18.9. The zero-order chi connectivity index (χ0) is 19.1. The molecule has 0 aliphatic carbocycles. The van der Waals surface area contributed by atoms with Gasteiger partial charge in [-0.2, -0.15) is 0 Å². The molecule has 0 saturated carbocycles. The van der Waals surface area contributed by atoms with E-state index in [2.05, 4.69) is 42.2 Å². The van der Waals surface area contributed by atoms with E-state index in [0.29, 0.717) is 6.54 Å². The monoisotopic (exact) mass is 368 g/mol. The lowest BCUT2D eigenvalue weighted by Crippen LogP contribution is -2.52. The largest absolute Gasteiger partial charge is 0.491 e.